The highest BCUT2D eigenvalue weighted by Crippen LogP contribution is 2.23. The molecule has 0 saturated heterocycles. The molecule has 0 atom stereocenters. The molecule has 20 heavy (non-hydrogen) atoms. The van der Waals surface area contributed by atoms with Gasteiger partial charge in [-0.15, -0.1) is 0 Å². The summed E-state index contributed by atoms with van der Waals surface area (Å²) in [6, 6.07) is 6.89. The summed E-state index contributed by atoms with van der Waals surface area (Å²) in [6.45, 7) is 3.60. The minimum atomic E-state index is -0.593. The molecule has 1 heterocycles. The molecule has 6 heteroatoms. The molecule has 0 radical (unpaired) electrons. The van der Waals surface area contributed by atoms with E-state index in [1.165, 1.54) is 13.2 Å². The summed E-state index contributed by atoms with van der Waals surface area (Å²) in [5.74, 6) is -0.102. The second-order valence-electron chi connectivity index (χ2n) is 3.90. The van der Waals surface area contributed by atoms with Gasteiger partial charge in [0.15, 0.2) is 11.5 Å². The van der Waals surface area contributed by atoms with Gasteiger partial charge in [0.25, 0.3) is 0 Å². The van der Waals surface area contributed by atoms with Crippen molar-refractivity contribution in [2.24, 2.45) is 0 Å². The lowest BCUT2D eigenvalue weighted by molar-refractivity contribution is 0.0594. The fourth-order valence-corrected chi connectivity index (χ4v) is 1.79. The maximum absolute atomic E-state index is 11.7. The number of carbonyl (C=O) groups excluding carboxylic acids is 1. The Bertz CT molecular complexity index is 669. The van der Waals surface area contributed by atoms with E-state index in [1.54, 1.807) is 24.3 Å². The van der Waals surface area contributed by atoms with E-state index in [0.29, 0.717) is 22.0 Å². The number of anilines is 1. The molecule has 102 valence electrons. The molecule has 0 amide bonds. The molecular weight excluding hydrogens is 278 g/mol. The van der Waals surface area contributed by atoms with Crippen LogP contribution in [-0.4, -0.2) is 23.0 Å². The Labute approximate surface area is 121 Å². The van der Waals surface area contributed by atoms with E-state index in [-0.39, 0.29) is 11.5 Å². The van der Waals surface area contributed by atoms with E-state index in [4.69, 9.17) is 22.1 Å². The van der Waals surface area contributed by atoms with Crippen LogP contribution in [0.3, 0.4) is 0 Å². The van der Waals surface area contributed by atoms with Gasteiger partial charge in [0, 0.05) is 16.1 Å². The van der Waals surface area contributed by atoms with Gasteiger partial charge < -0.3 is 10.5 Å². The van der Waals surface area contributed by atoms with Gasteiger partial charge in [-0.25, -0.2) is 14.8 Å². The Hall–Kier alpha value is -2.40. The number of nitrogens with two attached hydrogens (primary N) is 1. The summed E-state index contributed by atoms with van der Waals surface area (Å²) < 4.78 is 4.69. The van der Waals surface area contributed by atoms with Crippen molar-refractivity contribution < 1.29 is 9.53 Å². The number of hydrogen-bond acceptors (Lipinski definition) is 5. The fourth-order valence-electron chi connectivity index (χ4n) is 1.67. The number of aromatic nitrogens is 2. The number of methoxy groups -OCH3 is 1. The summed E-state index contributed by atoms with van der Waals surface area (Å²) in [5.41, 5.74) is 6.97. The zero-order valence-corrected chi connectivity index (χ0v) is 11.5. The van der Waals surface area contributed by atoms with Crippen LogP contribution in [0.1, 0.15) is 16.1 Å². The molecule has 2 N–H and O–H groups in total. The summed E-state index contributed by atoms with van der Waals surface area (Å²) in [7, 11) is 1.27. The van der Waals surface area contributed by atoms with Crippen molar-refractivity contribution in [2.45, 2.75) is 0 Å². The lowest BCUT2D eigenvalue weighted by atomic mass is 10.1. The third-order valence-corrected chi connectivity index (χ3v) is 2.91. The topological polar surface area (TPSA) is 78.1 Å². The third-order valence-electron chi connectivity index (χ3n) is 2.66. The standard InChI is InChI=1S/C14H12ClN3O2/c1-3-10-11(14(19)20-2)17-13(18-12(10)16)8-4-6-9(15)7-5-8/h3-7H,1H2,2H3,(H2,16,17,18). The molecule has 5 nitrogen and oxygen atoms in total. The predicted molar refractivity (Wildman–Crippen MR) is 78.3 cm³/mol. The van der Waals surface area contributed by atoms with Gasteiger partial charge in [-0.2, -0.15) is 0 Å². The van der Waals surface area contributed by atoms with Gasteiger partial charge in [-0.1, -0.05) is 24.3 Å². The highest BCUT2D eigenvalue weighted by molar-refractivity contribution is 6.30. The molecule has 1 aromatic carbocycles. The molecular formula is C14H12ClN3O2. The van der Waals surface area contributed by atoms with Gasteiger partial charge >= 0.3 is 5.97 Å². The summed E-state index contributed by atoms with van der Waals surface area (Å²) >= 11 is 5.83. The number of halogens is 1. The van der Waals surface area contributed by atoms with Gasteiger partial charge in [0.2, 0.25) is 0 Å². The quantitative estimate of drug-likeness (QED) is 0.879. The minimum absolute atomic E-state index is 0.0833. The molecule has 0 saturated carbocycles. The Morgan fingerprint density at radius 1 is 1.35 bits per heavy atom. The van der Waals surface area contributed by atoms with Crippen LogP contribution in [0.15, 0.2) is 30.8 Å². The van der Waals surface area contributed by atoms with Crippen molar-refractivity contribution in [3.05, 3.63) is 47.1 Å². The molecule has 0 bridgehead atoms. The van der Waals surface area contributed by atoms with Crippen molar-refractivity contribution in [1.82, 2.24) is 9.97 Å². The molecule has 0 fully saturated rings. The zero-order chi connectivity index (χ0) is 14.7. The average molecular weight is 290 g/mol. The highest BCUT2D eigenvalue weighted by Gasteiger charge is 2.18. The van der Waals surface area contributed by atoms with Crippen molar-refractivity contribution in [3.8, 4) is 11.4 Å². The van der Waals surface area contributed by atoms with Crippen molar-refractivity contribution >= 4 is 29.5 Å². The summed E-state index contributed by atoms with van der Waals surface area (Å²) in [5, 5.41) is 0.595. The summed E-state index contributed by atoms with van der Waals surface area (Å²) in [4.78, 5) is 20.1. The van der Waals surface area contributed by atoms with E-state index < -0.39 is 5.97 Å². The first-order chi connectivity index (χ1) is 9.56. The van der Waals surface area contributed by atoms with Gasteiger partial charge in [0.05, 0.1) is 7.11 Å². The van der Waals surface area contributed by atoms with Crippen LogP contribution in [0.4, 0.5) is 5.82 Å². The van der Waals surface area contributed by atoms with E-state index >= 15 is 0 Å². The van der Waals surface area contributed by atoms with Crippen LogP contribution in [-0.2, 0) is 4.74 Å². The molecule has 2 rings (SSSR count). The molecule has 0 unspecified atom stereocenters. The first-order valence-corrected chi connectivity index (χ1v) is 6.08. The molecule has 1 aromatic heterocycles. The molecule has 0 aliphatic rings. The van der Waals surface area contributed by atoms with Crippen molar-refractivity contribution in [2.75, 3.05) is 12.8 Å². The number of hydrogen-bond donors (Lipinski definition) is 1. The van der Waals surface area contributed by atoms with E-state index in [2.05, 4.69) is 16.5 Å². The van der Waals surface area contributed by atoms with Crippen LogP contribution >= 0.6 is 11.6 Å². The Balaban J connectivity index is 2.61. The van der Waals surface area contributed by atoms with E-state index in [9.17, 15) is 4.79 Å². The maximum atomic E-state index is 11.7. The first-order valence-electron chi connectivity index (χ1n) is 5.71. The monoisotopic (exact) mass is 289 g/mol. The number of esters is 1. The Kier molecular flexibility index (Phi) is 4.00. The van der Waals surface area contributed by atoms with Crippen LogP contribution in [0.5, 0.6) is 0 Å². The van der Waals surface area contributed by atoms with E-state index in [1.807, 2.05) is 0 Å². The number of nitrogen functional groups attached to an aromatic ring is 1. The fraction of sp³-hybridized carbons (Fsp3) is 0.0714. The smallest absolute Gasteiger partial charge is 0.357 e. The zero-order valence-electron chi connectivity index (χ0n) is 10.8. The van der Waals surface area contributed by atoms with Crippen LogP contribution in [0.25, 0.3) is 17.5 Å². The number of benzene rings is 1. The summed E-state index contributed by atoms with van der Waals surface area (Å²) in [6.07, 6.45) is 1.42. The Morgan fingerprint density at radius 2 is 2.00 bits per heavy atom. The largest absolute Gasteiger partial charge is 0.464 e. The molecule has 0 aliphatic heterocycles. The highest BCUT2D eigenvalue weighted by atomic mass is 35.5. The normalized spacial score (nSPS) is 10.1. The molecule has 0 aliphatic carbocycles. The average Bonchev–Trinajstić information content (AvgIpc) is 2.46. The van der Waals surface area contributed by atoms with Crippen LogP contribution < -0.4 is 5.73 Å². The predicted octanol–water partition coefficient (Wildman–Crippen LogP) is 2.81. The molecule has 0 spiro atoms. The number of rotatable bonds is 3. The number of ether oxygens (including phenoxy) is 1. The van der Waals surface area contributed by atoms with Gasteiger partial charge in [-0.3, -0.25) is 0 Å². The maximum Gasteiger partial charge on any atom is 0.357 e. The minimum Gasteiger partial charge on any atom is -0.464 e. The van der Waals surface area contributed by atoms with Crippen LogP contribution in [0, 0.1) is 0 Å². The van der Waals surface area contributed by atoms with Crippen LogP contribution in [0.2, 0.25) is 5.02 Å². The number of nitrogens with zero attached hydrogens (tertiary/aromatic N) is 2. The first kappa shape index (κ1) is 14.0. The third kappa shape index (κ3) is 2.62. The van der Waals surface area contributed by atoms with E-state index in [0.717, 1.165) is 0 Å². The van der Waals surface area contributed by atoms with Crippen molar-refractivity contribution in [3.63, 3.8) is 0 Å². The molecule has 2 aromatic rings. The van der Waals surface area contributed by atoms with Gasteiger partial charge in [0.1, 0.15) is 5.82 Å². The SMILES string of the molecule is C=Cc1c(N)nc(-c2ccc(Cl)cc2)nc1C(=O)OC. The lowest BCUT2D eigenvalue weighted by Crippen LogP contribution is -2.11. The lowest BCUT2D eigenvalue weighted by Gasteiger charge is -2.09. The van der Waals surface area contributed by atoms with Gasteiger partial charge in [-0.05, 0) is 24.3 Å². The number of carbonyl (C=O) groups is 1. The second kappa shape index (κ2) is 5.71. The second-order valence-corrected chi connectivity index (χ2v) is 4.33. The Morgan fingerprint density at radius 3 is 2.55 bits per heavy atom. The van der Waals surface area contributed by atoms with Crippen molar-refractivity contribution in [1.29, 1.82) is 0 Å².